The number of nitrogens with two attached hydrogens (primary N) is 1. The zero-order chi connectivity index (χ0) is 12.4. The van der Waals surface area contributed by atoms with E-state index in [1.807, 2.05) is 0 Å². The number of aromatic nitrogens is 1. The molecule has 0 aliphatic rings. The number of nitrogens with zero attached hydrogens (tertiary/aromatic N) is 1. The fourth-order valence-corrected chi connectivity index (χ4v) is 1.41. The third-order valence-electron chi connectivity index (χ3n) is 1.94. The summed E-state index contributed by atoms with van der Waals surface area (Å²) in [4.78, 5) is 3.47. The maximum Gasteiger partial charge on any atom is 0.256 e. The first-order valence-electron chi connectivity index (χ1n) is 4.60. The minimum Gasteiger partial charge on any atom is -0.435 e. The van der Waals surface area contributed by atoms with Crippen LogP contribution in [0.4, 0.5) is 14.5 Å². The van der Waals surface area contributed by atoms with Crippen molar-refractivity contribution in [2.45, 2.75) is 0 Å². The van der Waals surface area contributed by atoms with Crippen LogP contribution in [0.1, 0.15) is 0 Å². The molecule has 1 aromatic heterocycles. The summed E-state index contributed by atoms with van der Waals surface area (Å²) in [6.07, 6.45) is 0.851. The summed E-state index contributed by atoms with van der Waals surface area (Å²) in [5.41, 5.74) is 5.94. The van der Waals surface area contributed by atoms with Gasteiger partial charge in [-0.05, 0) is 18.2 Å². The zero-order valence-corrected chi connectivity index (χ0v) is 9.21. The Labute approximate surface area is 101 Å². The number of hydrogen-bond acceptors (Lipinski definition) is 3. The average Bonchev–Trinajstić information content (AvgIpc) is 2.25. The molecule has 0 saturated carbocycles. The first-order valence-corrected chi connectivity index (χ1v) is 4.98. The Balaban J connectivity index is 2.31. The van der Waals surface area contributed by atoms with Crippen LogP contribution in [0.5, 0.6) is 11.6 Å². The van der Waals surface area contributed by atoms with E-state index in [9.17, 15) is 8.78 Å². The van der Waals surface area contributed by atoms with E-state index in [0.717, 1.165) is 6.20 Å². The lowest BCUT2D eigenvalue weighted by Crippen LogP contribution is -1.94. The molecule has 0 fully saturated rings. The van der Waals surface area contributed by atoms with Gasteiger partial charge in [0.2, 0.25) is 0 Å². The van der Waals surface area contributed by atoms with Gasteiger partial charge in [-0.1, -0.05) is 11.6 Å². The Kier molecular flexibility index (Phi) is 3.10. The van der Waals surface area contributed by atoms with Crippen LogP contribution < -0.4 is 10.5 Å². The second kappa shape index (κ2) is 4.55. The number of halogens is 3. The lowest BCUT2D eigenvalue weighted by atomic mass is 10.3. The van der Waals surface area contributed by atoms with Gasteiger partial charge >= 0.3 is 0 Å². The molecular formula is C11H7ClF2N2O. The molecule has 0 atom stereocenters. The van der Waals surface area contributed by atoms with Crippen molar-refractivity contribution in [3.8, 4) is 11.6 Å². The van der Waals surface area contributed by atoms with Crippen LogP contribution in [0, 0.1) is 11.6 Å². The molecule has 2 N–H and O–H groups in total. The van der Waals surface area contributed by atoms with Crippen molar-refractivity contribution in [2.75, 3.05) is 5.73 Å². The summed E-state index contributed by atoms with van der Waals surface area (Å²) >= 11 is 5.83. The molecule has 1 heterocycles. The predicted octanol–water partition coefficient (Wildman–Crippen LogP) is 3.39. The molecule has 2 rings (SSSR count). The Morgan fingerprint density at radius 1 is 1.24 bits per heavy atom. The van der Waals surface area contributed by atoms with Gasteiger partial charge in [-0.2, -0.15) is 0 Å². The van der Waals surface area contributed by atoms with E-state index in [1.165, 1.54) is 12.1 Å². The van der Waals surface area contributed by atoms with Gasteiger partial charge < -0.3 is 10.5 Å². The van der Waals surface area contributed by atoms with E-state index >= 15 is 0 Å². The molecule has 0 aliphatic heterocycles. The summed E-state index contributed by atoms with van der Waals surface area (Å²) in [6, 6.07) is 5.15. The third-order valence-corrected chi connectivity index (χ3v) is 2.23. The highest BCUT2D eigenvalue weighted by Crippen LogP contribution is 2.30. The Morgan fingerprint density at radius 2 is 2.00 bits per heavy atom. The Bertz CT molecular complexity index is 514. The fraction of sp³-hybridized carbons (Fsp3) is 0. The van der Waals surface area contributed by atoms with E-state index in [-0.39, 0.29) is 16.7 Å². The van der Waals surface area contributed by atoms with E-state index in [2.05, 4.69) is 4.98 Å². The predicted molar refractivity (Wildman–Crippen MR) is 60.1 cm³/mol. The largest absolute Gasteiger partial charge is 0.435 e. The number of nitrogen functional groups attached to an aromatic ring is 1. The first-order chi connectivity index (χ1) is 8.06. The van der Waals surface area contributed by atoms with Crippen molar-refractivity contribution < 1.29 is 13.5 Å². The third kappa shape index (κ3) is 2.62. The van der Waals surface area contributed by atoms with Gasteiger partial charge in [-0.3, -0.25) is 0 Å². The van der Waals surface area contributed by atoms with Gasteiger partial charge in [0.15, 0.2) is 5.82 Å². The van der Waals surface area contributed by atoms with Crippen molar-refractivity contribution in [1.29, 1.82) is 0 Å². The highest BCUT2D eigenvalue weighted by atomic mass is 35.5. The van der Waals surface area contributed by atoms with E-state index < -0.39 is 11.6 Å². The molecule has 0 bridgehead atoms. The summed E-state index contributed by atoms with van der Waals surface area (Å²) in [7, 11) is 0. The number of hydrogen-bond donors (Lipinski definition) is 1. The Morgan fingerprint density at radius 3 is 2.65 bits per heavy atom. The molecule has 0 saturated heterocycles. The number of rotatable bonds is 2. The van der Waals surface area contributed by atoms with Crippen LogP contribution in [0.25, 0.3) is 0 Å². The van der Waals surface area contributed by atoms with Gasteiger partial charge in [0.1, 0.15) is 11.6 Å². The highest BCUT2D eigenvalue weighted by molar-refractivity contribution is 6.32. The van der Waals surface area contributed by atoms with Crippen LogP contribution in [0.2, 0.25) is 5.02 Å². The molecule has 0 unspecified atom stereocenters. The maximum absolute atomic E-state index is 13.3. The molecule has 88 valence electrons. The molecule has 2 aromatic rings. The van der Waals surface area contributed by atoms with Crippen molar-refractivity contribution in [3.05, 3.63) is 47.1 Å². The van der Waals surface area contributed by atoms with Gasteiger partial charge in [-0.25, -0.2) is 13.8 Å². The van der Waals surface area contributed by atoms with Gasteiger partial charge in [-0.15, -0.1) is 0 Å². The van der Waals surface area contributed by atoms with Crippen molar-refractivity contribution in [2.24, 2.45) is 0 Å². The van der Waals surface area contributed by atoms with Gasteiger partial charge in [0.25, 0.3) is 5.88 Å². The number of ether oxygens (including phenoxy) is 1. The quantitative estimate of drug-likeness (QED) is 0.838. The lowest BCUT2D eigenvalue weighted by molar-refractivity contribution is 0.417. The second-order valence-corrected chi connectivity index (χ2v) is 3.64. The lowest BCUT2D eigenvalue weighted by Gasteiger charge is -2.07. The molecule has 17 heavy (non-hydrogen) atoms. The van der Waals surface area contributed by atoms with Crippen LogP contribution >= 0.6 is 11.6 Å². The number of benzene rings is 1. The minimum atomic E-state index is -0.905. The minimum absolute atomic E-state index is 0.193. The van der Waals surface area contributed by atoms with Crippen molar-refractivity contribution in [3.63, 3.8) is 0 Å². The van der Waals surface area contributed by atoms with Crippen LogP contribution in [0.3, 0.4) is 0 Å². The monoisotopic (exact) mass is 256 g/mol. The highest BCUT2D eigenvalue weighted by Gasteiger charge is 2.10. The summed E-state index contributed by atoms with van der Waals surface area (Å²) < 4.78 is 31.0. The molecule has 1 aromatic carbocycles. The van der Waals surface area contributed by atoms with E-state index in [0.29, 0.717) is 11.8 Å². The van der Waals surface area contributed by atoms with Gasteiger partial charge in [0.05, 0.1) is 11.2 Å². The molecule has 0 radical (unpaired) electrons. The molecule has 6 heteroatoms. The Hall–Kier alpha value is -1.88. The standard InChI is InChI=1S/C11H7ClF2N2O/c12-8-4-7(15)1-2-10(8)17-11-9(14)3-6(13)5-16-11/h1-5H,15H2. The molecule has 0 aliphatic carbocycles. The molecular weight excluding hydrogens is 250 g/mol. The summed E-state index contributed by atoms with van der Waals surface area (Å²) in [6.45, 7) is 0. The SMILES string of the molecule is Nc1ccc(Oc2ncc(F)cc2F)c(Cl)c1. The van der Waals surface area contributed by atoms with Crippen LogP contribution in [0.15, 0.2) is 30.5 Å². The van der Waals surface area contributed by atoms with E-state index in [4.69, 9.17) is 22.1 Å². The van der Waals surface area contributed by atoms with Gasteiger partial charge in [0, 0.05) is 11.8 Å². The maximum atomic E-state index is 13.3. The topological polar surface area (TPSA) is 48.1 Å². The summed E-state index contributed by atoms with van der Waals surface area (Å²) in [5.74, 6) is -1.84. The smallest absolute Gasteiger partial charge is 0.256 e. The zero-order valence-electron chi connectivity index (χ0n) is 8.45. The van der Waals surface area contributed by atoms with Crippen molar-refractivity contribution in [1.82, 2.24) is 4.98 Å². The summed E-state index contributed by atoms with van der Waals surface area (Å²) in [5, 5.41) is 0.218. The average molecular weight is 257 g/mol. The van der Waals surface area contributed by atoms with Crippen molar-refractivity contribution >= 4 is 17.3 Å². The normalized spacial score (nSPS) is 10.3. The van der Waals surface area contributed by atoms with Crippen LogP contribution in [-0.4, -0.2) is 4.98 Å². The number of anilines is 1. The molecule has 3 nitrogen and oxygen atoms in total. The molecule has 0 amide bonds. The molecule has 0 spiro atoms. The second-order valence-electron chi connectivity index (χ2n) is 3.23. The fourth-order valence-electron chi connectivity index (χ4n) is 1.18. The van der Waals surface area contributed by atoms with Crippen LogP contribution in [-0.2, 0) is 0 Å². The first kappa shape index (κ1) is 11.6. The van der Waals surface area contributed by atoms with E-state index in [1.54, 1.807) is 6.07 Å². The number of pyridine rings is 1.